The van der Waals surface area contributed by atoms with Crippen LogP contribution in [0.25, 0.3) is 115 Å². The van der Waals surface area contributed by atoms with Crippen molar-refractivity contribution in [2.75, 3.05) is 0 Å². The van der Waals surface area contributed by atoms with Crippen LogP contribution in [0.3, 0.4) is 0 Å². The highest BCUT2D eigenvalue weighted by molar-refractivity contribution is 7.25. The van der Waals surface area contributed by atoms with Crippen LogP contribution < -0.4 is 0 Å². The van der Waals surface area contributed by atoms with Crippen LogP contribution in [0.15, 0.2) is 186 Å². The van der Waals surface area contributed by atoms with E-state index in [1.807, 2.05) is 84.1 Å². The van der Waals surface area contributed by atoms with Gasteiger partial charge in [0.1, 0.15) is 11.2 Å². The summed E-state index contributed by atoms with van der Waals surface area (Å²) >= 11 is 1.85. The standard InChI is InChI=1S/C51H30N4OS/c1-3-11-31(12-4-1)49-52-50(32-13-5-2-6-14-32)54-51(53-49)35-20-24-45-40(29-35)41-30-36(22-25-46(41)56-45)55-43-17-9-7-15-37(43)39-27-33(19-23-44(39)55)34-21-26-48-42(28-34)38-16-8-10-18-47(38)57-48/h1-30H. The van der Waals surface area contributed by atoms with Gasteiger partial charge in [0, 0.05) is 64.1 Å². The number of furan rings is 1. The summed E-state index contributed by atoms with van der Waals surface area (Å²) in [6.07, 6.45) is 0. The summed E-state index contributed by atoms with van der Waals surface area (Å²) < 4.78 is 11.4. The predicted octanol–water partition coefficient (Wildman–Crippen LogP) is 13.9. The first-order valence-corrected chi connectivity index (χ1v) is 19.8. The molecule has 4 heterocycles. The summed E-state index contributed by atoms with van der Waals surface area (Å²) in [7, 11) is 0. The number of para-hydroxylation sites is 1. The van der Waals surface area contributed by atoms with Gasteiger partial charge in [0.15, 0.2) is 17.5 Å². The fourth-order valence-corrected chi connectivity index (χ4v) is 9.40. The molecule has 0 aliphatic heterocycles. The Morgan fingerprint density at radius 1 is 0.351 bits per heavy atom. The van der Waals surface area contributed by atoms with Gasteiger partial charge in [0.2, 0.25) is 0 Å². The van der Waals surface area contributed by atoms with E-state index in [4.69, 9.17) is 19.4 Å². The molecule has 0 radical (unpaired) electrons. The molecule has 0 saturated heterocycles. The highest BCUT2D eigenvalue weighted by Crippen LogP contribution is 2.40. The molecule has 4 aromatic heterocycles. The zero-order valence-corrected chi connectivity index (χ0v) is 31.2. The Hall–Kier alpha value is -7.41. The third-order valence-electron chi connectivity index (χ3n) is 11.1. The normalized spacial score (nSPS) is 11.9. The van der Waals surface area contributed by atoms with Crippen molar-refractivity contribution in [2.24, 2.45) is 0 Å². The van der Waals surface area contributed by atoms with Gasteiger partial charge in [-0.2, -0.15) is 0 Å². The lowest BCUT2D eigenvalue weighted by Crippen LogP contribution is -2.00. The highest BCUT2D eigenvalue weighted by Gasteiger charge is 2.18. The van der Waals surface area contributed by atoms with E-state index in [1.165, 1.54) is 42.1 Å². The summed E-state index contributed by atoms with van der Waals surface area (Å²) in [6.45, 7) is 0. The summed E-state index contributed by atoms with van der Waals surface area (Å²) in [5.74, 6) is 1.88. The summed E-state index contributed by atoms with van der Waals surface area (Å²) in [6, 6.07) is 64.0. The molecule has 0 saturated carbocycles. The molecule has 5 nitrogen and oxygen atoms in total. The second-order valence-electron chi connectivity index (χ2n) is 14.4. The van der Waals surface area contributed by atoms with E-state index in [2.05, 4.69) is 114 Å². The quantitative estimate of drug-likeness (QED) is 0.176. The van der Waals surface area contributed by atoms with Gasteiger partial charge in [-0.05, 0) is 83.9 Å². The number of benzene rings is 8. The smallest absolute Gasteiger partial charge is 0.164 e. The average molecular weight is 747 g/mol. The van der Waals surface area contributed by atoms with Gasteiger partial charge in [0.05, 0.1) is 11.0 Å². The molecule has 266 valence electrons. The Morgan fingerprint density at radius 3 is 1.63 bits per heavy atom. The lowest BCUT2D eigenvalue weighted by molar-refractivity contribution is 0.669. The van der Waals surface area contributed by atoms with E-state index in [0.717, 1.165) is 55.3 Å². The third kappa shape index (κ3) is 5.19. The number of thiophene rings is 1. The average Bonchev–Trinajstić information content (AvgIpc) is 3.95. The number of hydrogen-bond donors (Lipinski definition) is 0. The van der Waals surface area contributed by atoms with Crippen LogP contribution in [-0.4, -0.2) is 19.5 Å². The molecular weight excluding hydrogens is 717 g/mol. The van der Waals surface area contributed by atoms with E-state index in [0.29, 0.717) is 17.5 Å². The molecular formula is C51H30N4OS. The second kappa shape index (κ2) is 12.6. The first kappa shape index (κ1) is 31.9. The fourth-order valence-electron chi connectivity index (χ4n) is 8.32. The van der Waals surface area contributed by atoms with Crippen molar-refractivity contribution in [1.82, 2.24) is 19.5 Å². The molecule has 0 unspecified atom stereocenters. The number of rotatable bonds is 5. The van der Waals surface area contributed by atoms with E-state index < -0.39 is 0 Å². The van der Waals surface area contributed by atoms with Gasteiger partial charge in [-0.15, -0.1) is 11.3 Å². The van der Waals surface area contributed by atoms with Crippen molar-refractivity contribution < 1.29 is 4.42 Å². The minimum Gasteiger partial charge on any atom is -0.456 e. The highest BCUT2D eigenvalue weighted by atomic mass is 32.1. The van der Waals surface area contributed by atoms with Crippen molar-refractivity contribution in [1.29, 1.82) is 0 Å². The van der Waals surface area contributed by atoms with Gasteiger partial charge in [-0.3, -0.25) is 0 Å². The number of hydrogen-bond acceptors (Lipinski definition) is 5. The number of aromatic nitrogens is 4. The molecule has 0 bridgehead atoms. The molecule has 0 atom stereocenters. The maximum absolute atomic E-state index is 6.43. The minimum atomic E-state index is 0.611. The van der Waals surface area contributed by atoms with Gasteiger partial charge in [0.25, 0.3) is 0 Å². The Kier molecular flexibility index (Phi) is 7.03. The lowest BCUT2D eigenvalue weighted by atomic mass is 10.0. The Morgan fingerprint density at radius 2 is 0.877 bits per heavy atom. The third-order valence-corrected chi connectivity index (χ3v) is 12.2. The molecule has 0 aliphatic rings. The molecule has 0 fully saturated rings. The Bertz CT molecular complexity index is 3470. The number of fused-ring (bicyclic) bond motifs is 9. The van der Waals surface area contributed by atoms with Crippen molar-refractivity contribution in [2.45, 2.75) is 0 Å². The first-order valence-electron chi connectivity index (χ1n) is 19.0. The molecule has 0 amide bonds. The zero-order chi connectivity index (χ0) is 37.5. The molecule has 6 heteroatoms. The molecule has 12 aromatic rings. The molecule has 0 aliphatic carbocycles. The van der Waals surface area contributed by atoms with Crippen LogP contribution in [0.2, 0.25) is 0 Å². The van der Waals surface area contributed by atoms with Crippen LogP contribution in [0, 0.1) is 0 Å². The van der Waals surface area contributed by atoms with Crippen LogP contribution in [-0.2, 0) is 0 Å². The van der Waals surface area contributed by atoms with Crippen LogP contribution in [0.5, 0.6) is 0 Å². The van der Waals surface area contributed by atoms with Gasteiger partial charge in [-0.25, -0.2) is 15.0 Å². The van der Waals surface area contributed by atoms with Crippen LogP contribution in [0.1, 0.15) is 0 Å². The molecule has 0 N–H and O–H groups in total. The molecule has 8 aromatic carbocycles. The van der Waals surface area contributed by atoms with Gasteiger partial charge in [-0.1, -0.05) is 109 Å². The number of nitrogens with zero attached hydrogens (tertiary/aromatic N) is 4. The summed E-state index contributed by atoms with van der Waals surface area (Å²) in [5, 5.41) is 7.09. The van der Waals surface area contributed by atoms with Gasteiger partial charge < -0.3 is 8.98 Å². The molecule has 0 spiro atoms. The zero-order valence-electron chi connectivity index (χ0n) is 30.4. The summed E-state index contributed by atoms with van der Waals surface area (Å²) in [5.41, 5.74) is 10.2. The molecule has 57 heavy (non-hydrogen) atoms. The predicted molar refractivity (Wildman–Crippen MR) is 236 cm³/mol. The van der Waals surface area contributed by atoms with E-state index in [9.17, 15) is 0 Å². The van der Waals surface area contributed by atoms with E-state index >= 15 is 0 Å². The van der Waals surface area contributed by atoms with E-state index in [-0.39, 0.29) is 0 Å². The van der Waals surface area contributed by atoms with Crippen LogP contribution >= 0.6 is 11.3 Å². The first-order chi connectivity index (χ1) is 28.2. The maximum Gasteiger partial charge on any atom is 0.164 e. The SMILES string of the molecule is c1ccc(-c2nc(-c3ccccc3)nc(-c3ccc4oc5ccc(-n6c7ccccc7c7cc(-c8ccc9sc%10ccccc%10c9c8)ccc76)cc5c4c3)n2)cc1. The maximum atomic E-state index is 6.43. The fraction of sp³-hybridized carbons (Fsp3) is 0. The monoisotopic (exact) mass is 746 g/mol. The Labute approximate surface area is 330 Å². The summed E-state index contributed by atoms with van der Waals surface area (Å²) in [4.78, 5) is 14.9. The lowest BCUT2D eigenvalue weighted by Gasteiger charge is -2.09. The Balaban J connectivity index is 0.999. The van der Waals surface area contributed by atoms with Crippen molar-refractivity contribution in [3.05, 3.63) is 182 Å². The minimum absolute atomic E-state index is 0.611. The van der Waals surface area contributed by atoms with Crippen molar-refractivity contribution in [3.8, 4) is 51.0 Å². The molecule has 12 rings (SSSR count). The van der Waals surface area contributed by atoms with Crippen LogP contribution in [0.4, 0.5) is 0 Å². The second-order valence-corrected chi connectivity index (χ2v) is 15.5. The largest absolute Gasteiger partial charge is 0.456 e. The van der Waals surface area contributed by atoms with Crippen molar-refractivity contribution >= 4 is 75.3 Å². The van der Waals surface area contributed by atoms with E-state index in [1.54, 1.807) is 0 Å². The topological polar surface area (TPSA) is 56.7 Å². The van der Waals surface area contributed by atoms with Crippen molar-refractivity contribution in [3.63, 3.8) is 0 Å². The van der Waals surface area contributed by atoms with Gasteiger partial charge >= 0.3 is 0 Å².